The zero-order chi connectivity index (χ0) is 18.5. The molecule has 0 spiro atoms. The number of hydrogen-bond acceptors (Lipinski definition) is 5. The third-order valence-electron chi connectivity index (χ3n) is 3.50. The number of carbonyl (C=O) groups excluding carboxylic acids is 2. The summed E-state index contributed by atoms with van der Waals surface area (Å²) in [7, 11) is 0. The van der Waals surface area contributed by atoms with E-state index in [2.05, 4.69) is 20.6 Å². The maximum Gasteiger partial charge on any atom is 0.274 e. The highest BCUT2D eigenvalue weighted by atomic mass is 35.5. The van der Waals surface area contributed by atoms with Crippen LogP contribution < -0.4 is 10.6 Å². The predicted molar refractivity (Wildman–Crippen MR) is 101 cm³/mol. The molecule has 7 heteroatoms. The average molecular weight is 367 g/mol. The Balaban J connectivity index is 1.76. The molecule has 0 aliphatic rings. The van der Waals surface area contributed by atoms with Gasteiger partial charge in [0.2, 0.25) is 5.95 Å². The minimum atomic E-state index is -0.401. The fourth-order valence-electron chi connectivity index (χ4n) is 2.25. The van der Waals surface area contributed by atoms with Gasteiger partial charge in [0.1, 0.15) is 5.69 Å². The van der Waals surface area contributed by atoms with Crippen LogP contribution in [0, 0.1) is 0 Å². The van der Waals surface area contributed by atoms with Crippen LogP contribution in [0.15, 0.2) is 60.8 Å². The number of benzene rings is 2. The molecule has 1 aromatic heterocycles. The number of carbonyl (C=O) groups is 2. The number of nitrogens with zero attached hydrogens (tertiary/aromatic N) is 2. The summed E-state index contributed by atoms with van der Waals surface area (Å²) in [6, 6.07) is 15.3. The van der Waals surface area contributed by atoms with Crippen molar-refractivity contribution < 1.29 is 9.59 Å². The van der Waals surface area contributed by atoms with Crippen LogP contribution >= 0.6 is 11.6 Å². The minimum absolute atomic E-state index is 0.0730. The van der Waals surface area contributed by atoms with Gasteiger partial charge in [-0.25, -0.2) is 9.97 Å². The lowest BCUT2D eigenvalue weighted by molar-refractivity contribution is 0.100. The van der Waals surface area contributed by atoms with Gasteiger partial charge in [-0.3, -0.25) is 9.59 Å². The second-order valence-corrected chi connectivity index (χ2v) is 5.93. The molecule has 0 saturated carbocycles. The molecule has 0 aliphatic heterocycles. The molecule has 1 heterocycles. The zero-order valence-corrected chi connectivity index (χ0v) is 14.6. The van der Waals surface area contributed by atoms with Crippen molar-refractivity contribution in [2.75, 3.05) is 10.6 Å². The summed E-state index contributed by atoms with van der Waals surface area (Å²) in [5, 5.41) is 6.30. The molecule has 0 atom stereocenters. The smallest absolute Gasteiger partial charge is 0.274 e. The van der Waals surface area contributed by atoms with Gasteiger partial charge in [0.25, 0.3) is 5.91 Å². The van der Waals surface area contributed by atoms with Crippen LogP contribution in [0.5, 0.6) is 0 Å². The van der Waals surface area contributed by atoms with Crippen molar-refractivity contribution in [3.8, 4) is 0 Å². The Hall–Kier alpha value is -3.25. The van der Waals surface area contributed by atoms with Crippen molar-refractivity contribution in [3.63, 3.8) is 0 Å². The molecule has 0 saturated heterocycles. The predicted octanol–water partition coefficient (Wildman–Crippen LogP) is 4.33. The summed E-state index contributed by atoms with van der Waals surface area (Å²) in [4.78, 5) is 32.2. The van der Waals surface area contributed by atoms with Gasteiger partial charge in [-0.2, -0.15) is 0 Å². The van der Waals surface area contributed by atoms with E-state index in [4.69, 9.17) is 11.6 Å². The lowest BCUT2D eigenvalue weighted by Crippen LogP contribution is -2.15. The van der Waals surface area contributed by atoms with E-state index in [9.17, 15) is 9.59 Å². The van der Waals surface area contributed by atoms with Gasteiger partial charge in [0, 0.05) is 28.2 Å². The Kier molecular flexibility index (Phi) is 5.24. The molecule has 26 heavy (non-hydrogen) atoms. The molecule has 2 aromatic carbocycles. The monoisotopic (exact) mass is 366 g/mol. The quantitative estimate of drug-likeness (QED) is 0.656. The number of hydrogen-bond donors (Lipinski definition) is 2. The van der Waals surface area contributed by atoms with Crippen LogP contribution in [-0.4, -0.2) is 21.7 Å². The summed E-state index contributed by atoms with van der Waals surface area (Å²) in [5.41, 5.74) is 1.95. The highest BCUT2D eigenvalue weighted by Gasteiger charge is 2.10. The van der Waals surface area contributed by atoms with Crippen LogP contribution in [0.3, 0.4) is 0 Å². The van der Waals surface area contributed by atoms with E-state index in [0.29, 0.717) is 22.0 Å². The normalized spacial score (nSPS) is 10.2. The summed E-state index contributed by atoms with van der Waals surface area (Å²) in [6.45, 7) is 1.47. The third kappa shape index (κ3) is 4.43. The minimum Gasteiger partial charge on any atom is -0.324 e. The summed E-state index contributed by atoms with van der Waals surface area (Å²) in [6.07, 6.45) is 1.49. The second kappa shape index (κ2) is 7.76. The Bertz CT molecular complexity index is 975. The Morgan fingerprint density at radius 3 is 2.54 bits per heavy atom. The van der Waals surface area contributed by atoms with Crippen LogP contribution in [0.25, 0.3) is 0 Å². The first kappa shape index (κ1) is 17.6. The number of Topliss-reactive ketones (excluding diaryl/α,β-unsaturated/α-hetero) is 1. The van der Waals surface area contributed by atoms with Crippen molar-refractivity contribution >= 4 is 40.6 Å². The largest absolute Gasteiger partial charge is 0.324 e. The van der Waals surface area contributed by atoms with Gasteiger partial charge in [0.15, 0.2) is 5.78 Å². The number of anilines is 3. The van der Waals surface area contributed by atoms with E-state index in [1.165, 1.54) is 19.2 Å². The molecule has 6 nitrogen and oxygen atoms in total. The maximum atomic E-state index is 12.4. The molecule has 0 unspecified atom stereocenters. The van der Waals surface area contributed by atoms with Gasteiger partial charge in [-0.1, -0.05) is 29.8 Å². The van der Waals surface area contributed by atoms with E-state index >= 15 is 0 Å². The molecule has 130 valence electrons. The Labute approximate surface area is 155 Å². The van der Waals surface area contributed by atoms with Gasteiger partial charge < -0.3 is 10.6 Å². The van der Waals surface area contributed by atoms with E-state index in [1.54, 1.807) is 42.5 Å². The van der Waals surface area contributed by atoms with E-state index in [-0.39, 0.29) is 17.4 Å². The number of nitrogens with one attached hydrogen (secondary N) is 2. The van der Waals surface area contributed by atoms with E-state index in [0.717, 1.165) is 0 Å². The fourth-order valence-corrected chi connectivity index (χ4v) is 2.44. The van der Waals surface area contributed by atoms with Crippen molar-refractivity contribution in [2.45, 2.75) is 6.92 Å². The van der Waals surface area contributed by atoms with Crippen LogP contribution in [0.2, 0.25) is 5.02 Å². The topological polar surface area (TPSA) is 84.0 Å². The summed E-state index contributed by atoms with van der Waals surface area (Å²) in [5.74, 6) is -0.198. The van der Waals surface area contributed by atoms with Crippen molar-refractivity contribution in [2.24, 2.45) is 0 Å². The average Bonchev–Trinajstić information content (AvgIpc) is 2.62. The molecule has 3 aromatic rings. The number of ketones is 1. The van der Waals surface area contributed by atoms with Crippen LogP contribution in [0.1, 0.15) is 27.8 Å². The molecular weight excluding hydrogens is 352 g/mol. The molecule has 0 radical (unpaired) electrons. The first-order chi connectivity index (χ1) is 12.5. The fraction of sp³-hybridized carbons (Fsp3) is 0.0526. The van der Waals surface area contributed by atoms with Gasteiger partial charge >= 0.3 is 0 Å². The lowest BCUT2D eigenvalue weighted by atomic mass is 10.1. The Morgan fingerprint density at radius 1 is 1.00 bits per heavy atom. The first-order valence-corrected chi connectivity index (χ1v) is 8.17. The molecule has 1 amide bonds. The lowest BCUT2D eigenvalue weighted by Gasteiger charge is -2.08. The SMILES string of the molecule is CC(=O)c1cccc(NC(=O)c2ccnc(Nc3cccc(Cl)c3)n2)c1. The van der Waals surface area contributed by atoms with E-state index in [1.807, 2.05) is 6.07 Å². The van der Waals surface area contributed by atoms with Crippen LogP contribution in [-0.2, 0) is 0 Å². The zero-order valence-electron chi connectivity index (χ0n) is 13.9. The van der Waals surface area contributed by atoms with Gasteiger partial charge in [0.05, 0.1) is 0 Å². The number of amides is 1. The standard InChI is InChI=1S/C19H15ClN4O2/c1-12(25)13-4-2-6-15(10-13)22-18(26)17-8-9-21-19(24-17)23-16-7-3-5-14(20)11-16/h2-11H,1H3,(H,22,26)(H,21,23,24). The van der Waals surface area contributed by atoms with E-state index < -0.39 is 5.91 Å². The molecule has 2 N–H and O–H groups in total. The number of rotatable bonds is 5. The second-order valence-electron chi connectivity index (χ2n) is 5.49. The molecule has 0 fully saturated rings. The van der Waals surface area contributed by atoms with Crippen molar-refractivity contribution in [1.82, 2.24) is 9.97 Å². The highest BCUT2D eigenvalue weighted by molar-refractivity contribution is 6.30. The van der Waals surface area contributed by atoms with Crippen molar-refractivity contribution in [3.05, 3.63) is 77.1 Å². The van der Waals surface area contributed by atoms with Gasteiger partial charge in [-0.15, -0.1) is 0 Å². The number of aromatic nitrogens is 2. The van der Waals surface area contributed by atoms with Crippen LogP contribution in [0.4, 0.5) is 17.3 Å². The Morgan fingerprint density at radius 2 is 1.77 bits per heavy atom. The summed E-state index contributed by atoms with van der Waals surface area (Å²) >= 11 is 5.95. The van der Waals surface area contributed by atoms with Gasteiger partial charge in [-0.05, 0) is 43.3 Å². The molecular formula is C19H15ClN4O2. The maximum absolute atomic E-state index is 12.4. The molecule has 0 aliphatic carbocycles. The molecule has 3 rings (SSSR count). The third-order valence-corrected chi connectivity index (χ3v) is 3.73. The number of halogens is 1. The molecule has 0 bridgehead atoms. The van der Waals surface area contributed by atoms with Crippen molar-refractivity contribution in [1.29, 1.82) is 0 Å². The summed E-state index contributed by atoms with van der Waals surface area (Å²) < 4.78 is 0. The first-order valence-electron chi connectivity index (χ1n) is 7.79. The highest BCUT2D eigenvalue weighted by Crippen LogP contribution is 2.18.